The van der Waals surface area contributed by atoms with Crippen LogP contribution in [0.3, 0.4) is 0 Å². The van der Waals surface area contributed by atoms with Crippen LogP contribution in [0.1, 0.15) is 27.6 Å². The average molecular weight is 452 g/mol. The Morgan fingerprint density at radius 3 is 2.64 bits per heavy atom. The third-order valence-corrected chi connectivity index (χ3v) is 5.01. The first-order chi connectivity index (χ1) is 15.9. The summed E-state index contributed by atoms with van der Waals surface area (Å²) in [5, 5.41) is 7.83. The molecule has 4 aromatic rings. The maximum absolute atomic E-state index is 13.5. The highest BCUT2D eigenvalue weighted by Crippen LogP contribution is 2.38. The van der Waals surface area contributed by atoms with Gasteiger partial charge in [0.1, 0.15) is 23.9 Å². The molecular formula is C23H21FN4O5. The number of methoxy groups -OCH3 is 2. The number of benzene rings is 2. The fraction of sp³-hybridized carbons (Fsp3) is 0.217. The van der Waals surface area contributed by atoms with Crippen LogP contribution >= 0.6 is 0 Å². The maximum Gasteiger partial charge on any atom is 0.361 e. The van der Waals surface area contributed by atoms with Crippen molar-refractivity contribution in [2.45, 2.75) is 20.5 Å². The summed E-state index contributed by atoms with van der Waals surface area (Å²) in [6.07, 6.45) is 0. The summed E-state index contributed by atoms with van der Waals surface area (Å²) < 4.78 is 36.8. The van der Waals surface area contributed by atoms with E-state index in [1.165, 1.54) is 23.9 Å². The fourth-order valence-corrected chi connectivity index (χ4v) is 3.31. The molecule has 2 heterocycles. The van der Waals surface area contributed by atoms with Crippen LogP contribution in [0.25, 0.3) is 17.1 Å². The van der Waals surface area contributed by atoms with Crippen LogP contribution in [0, 0.1) is 19.7 Å². The van der Waals surface area contributed by atoms with Gasteiger partial charge in [0.2, 0.25) is 5.89 Å². The van der Waals surface area contributed by atoms with Gasteiger partial charge in [-0.3, -0.25) is 0 Å². The van der Waals surface area contributed by atoms with E-state index < -0.39 is 11.8 Å². The van der Waals surface area contributed by atoms with Crippen molar-refractivity contribution in [1.82, 2.24) is 20.0 Å². The molecule has 0 aliphatic heterocycles. The van der Waals surface area contributed by atoms with Crippen molar-refractivity contribution in [3.8, 4) is 28.6 Å². The number of oxazole rings is 1. The third-order valence-electron chi connectivity index (χ3n) is 5.01. The Hall–Kier alpha value is -4.21. The Kier molecular flexibility index (Phi) is 6.07. The Labute approximate surface area is 188 Å². The largest absolute Gasteiger partial charge is 0.493 e. The van der Waals surface area contributed by atoms with Gasteiger partial charge >= 0.3 is 5.97 Å². The van der Waals surface area contributed by atoms with Crippen molar-refractivity contribution in [1.29, 1.82) is 0 Å². The van der Waals surface area contributed by atoms with Gasteiger partial charge in [-0.05, 0) is 44.2 Å². The van der Waals surface area contributed by atoms with Crippen molar-refractivity contribution < 1.29 is 27.8 Å². The number of hydrogen-bond donors (Lipinski definition) is 0. The number of para-hydroxylation sites is 1. The molecule has 4 rings (SSSR count). The number of carbonyl (C=O) groups is 1. The van der Waals surface area contributed by atoms with Gasteiger partial charge in [-0.25, -0.2) is 18.9 Å². The molecule has 0 radical (unpaired) electrons. The van der Waals surface area contributed by atoms with E-state index in [1.807, 2.05) is 0 Å². The lowest BCUT2D eigenvalue weighted by Gasteiger charge is -2.09. The van der Waals surface area contributed by atoms with Crippen LogP contribution in [0.15, 0.2) is 46.9 Å². The summed E-state index contributed by atoms with van der Waals surface area (Å²) in [4.78, 5) is 17.1. The summed E-state index contributed by atoms with van der Waals surface area (Å²) in [7, 11) is 3.07. The number of hydrogen-bond acceptors (Lipinski definition) is 8. The van der Waals surface area contributed by atoms with E-state index in [0.717, 1.165) is 0 Å². The minimum absolute atomic E-state index is 0.0232. The lowest BCUT2D eigenvalue weighted by molar-refractivity contribution is 0.0459. The van der Waals surface area contributed by atoms with E-state index in [2.05, 4.69) is 15.3 Å². The topological polar surface area (TPSA) is 102 Å². The van der Waals surface area contributed by atoms with Crippen molar-refractivity contribution in [2.24, 2.45) is 0 Å². The zero-order valence-corrected chi connectivity index (χ0v) is 18.5. The molecule has 0 amide bonds. The second-order valence-corrected chi connectivity index (χ2v) is 7.05. The molecule has 0 fully saturated rings. The first kappa shape index (κ1) is 22.0. The minimum Gasteiger partial charge on any atom is -0.493 e. The SMILES string of the molecule is COc1cccc(-c2nc(COC(=O)c3nnn(-c4cccc(F)c4)c3C)c(C)o2)c1OC. The van der Waals surface area contributed by atoms with Crippen molar-refractivity contribution >= 4 is 5.97 Å². The zero-order valence-electron chi connectivity index (χ0n) is 18.5. The van der Waals surface area contributed by atoms with Gasteiger partial charge in [-0.15, -0.1) is 5.10 Å². The van der Waals surface area contributed by atoms with Crippen LogP contribution in [0.4, 0.5) is 4.39 Å². The second kappa shape index (κ2) is 9.11. The van der Waals surface area contributed by atoms with Crippen molar-refractivity contribution in [2.75, 3.05) is 14.2 Å². The number of nitrogens with zero attached hydrogens (tertiary/aromatic N) is 4. The second-order valence-electron chi connectivity index (χ2n) is 7.05. The predicted octanol–water partition coefficient (Wildman–Crippen LogP) is 4.05. The molecule has 0 N–H and O–H groups in total. The quantitative estimate of drug-likeness (QED) is 0.387. The standard InChI is InChI=1S/C23H21FN4O5/c1-13-20(26-27-28(13)16-8-5-7-15(24)11-16)23(29)32-12-18-14(2)33-22(25-18)17-9-6-10-19(30-3)21(17)31-4/h5-11H,12H2,1-4H3. The number of rotatable bonds is 7. The molecule has 0 unspecified atom stereocenters. The number of esters is 1. The third kappa shape index (κ3) is 4.27. The summed E-state index contributed by atoms with van der Waals surface area (Å²) >= 11 is 0. The molecule has 0 atom stereocenters. The van der Waals surface area contributed by atoms with Gasteiger partial charge in [-0.1, -0.05) is 17.3 Å². The molecule has 0 saturated carbocycles. The Morgan fingerprint density at radius 1 is 1.12 bits per heavy atom. The van der Waals surface area contributed by atoms with Gasteiger partial charge in [0.15, 0.2) is 17.2 Å². The zero-order chi connectivity index (χ0) is 23.5. The number of aryl methyl sites for hydroxylation is 1. The number of halogens is 1. The van der Waals surface area contributed by atoms with Gasteiger partial charge in [0, 0.05) is 0 Å². The Bertz CT molecular complexity index is 1310. The highest BCUT2D eigenvalue weighted by Gasteiger charge is 2.22. The Balaban J connectivity index is 1.52. The molecule has 2 aromatic heterocycles. The smallest absolute Gasteiger partial charge is 0.361 e. The summed E-state index contributed by atoms with van der Waals surface area (Å²) in [5.41, 5.74) is 1.94. The van der Waals surface area contributed by atoms with Gasteiger partial charge in [0.25, 0.3) is 0 Å². The fourth-order valence-electron chi connectivity index (χ4n) is 3.31. The van der Waals surface area contributed by atoms with E-state index in [0.29, 0.717) is 45.8 Å². The summed E-state index contributed by atoms with van der Waals surface area (Å²) in [6, 6.07) is 11.2. The predicted molar refractivity (Wildman–Crippen MR) is 115 cm³/mol. The van der Waals surface area contributed by atoms with E-state index >= 15 is 0 Å². The molecule has 0 saturated heterocycles. The first-order valence-corrected chi connectivity index (χ1v) is 9.96. The van der Waals surface area contributed by atoms with Gasteiger partial charge in [0.05, 0.1) is 31.2 Å². The van der Waals surface area contributed by atoms with Gasteiger partial charge in [-0.2, -0.15) is 0 Å². The molecular weight excluding hydrogens is 431 g/mol. The van der Waals surface area contributed by atoms with Gasteiger partial charge < -0.3 is 18.6 Å². The monoisotopic (exact) mass is 452 g/mol. The maximum atomic E-state index is 13.5. The number of ether oxygens (including phenoxy) is 3. The lowest BCUT2D eigenvalue weighted by atomic mass is 10.2. The molecule has 0 bridgehead atoms. The van der Waals surface area contributed by atoms with Crippen LogP contribution in [-0.2, 0) is 11.3 Å². The summed E-state index contributed by atoms with van der Waals surface area (Å²) in [5.74, 6) is 0.713. The van der Waals surface area contributed by atoms with E-state index in [-0.39, 0.29) is 12.3 Å². The molecule has 0 spiro atoms. The molecule has 170 valence electrons. The van der Waals surface area contributed by atoms with Crippen LogP contribution < -0.4 is 9.47 Å². The molecule has 10 heteroatoms. The van der Waals surface area contributed by atoms with Crippen molar-refractivity contribution in [3.05, 3.63) is 71.1 Å². The molecule has 0 aliphatic rings. The summed E-state index contributed by atoms with van der Waals surface area (Å²) in [6.45, 7) is 3.24. The van der Waals surface area contributed by atoms with E-state index in [9.17, 15) is 9.18 Å². The van der Waals surface area contributed by atoms with Crippen LogP contribution in [0.5, 0.6) is 11.5 Å². The normalized spacial score (nSPS) is 10.8. The molecule has 9 nitrogen and oxygen atoms in total. The lowest BCUT2D eigenvalue weighted by Crippen LogP contribution is -2.09. The molecule has 2 aromatic carbocycles. The van der Waals surface area contributed by atoms with Crippen LogP contribution in [0.2, 0.25) is 0 Å². The van der Waals surface area contributed by atoms with E-state index in [1.54, 1.807) is 51.3 Å². The molecule has 0 aliphatic carbocycles. The first-order valence-electron chi connectivity index (χ1n) is 9.96. The highest BCUT2D eigenvalue weighted by molar-refractivity contribution is 5.88. The van der Waals surface area contributed by atoms with E-state index in [4.69, 9.17) is 18.6 Å². The minimum atomic E-state index is -0.682. The number of aromatic nitrogens is 4. The van der Waals surface area contributed by atoms with Crippen molar-refractivity contribution in [3.63, 3.8) is 0 Å². The Morgan fingerprint density at radius 2 is 1.91 bits per heavy atom. The van der Waals surface area contributed by atoms with Crippen LogP contribution in [-0.4, -0.2) is 40.2 Å². The average Bonchev–Trinajstić information content (AvgIpc) is 3.39. The highest BCUT2D eigenvalue weighted by atomic mass is 19.1. The molecule has 33 heavy (non-hydrogen) atoms. The number of carbonyl (C=O) groups excluding carboxylic acids is 1.